The number of methoxy groups -OCH3 is 3. The predicted molar refractivity (Wildman–Crippen MR) is 172 cm³/mol. The van der Waals surface area contributed by atoms with Crippen LogP contribution in [0.4, 0.5) is 0 Å². The molecule has 4 aliphatic carbocycles. The summed E-state index contributed by atoms with van der Waals surface area (Å²) in [6, 6.07) is 0. The molecule has 0 aromatic rings. The van der Waals surface area contributed by atoms with E-state index in [2.05, 4.69) is 6.08 Å². The van der Waals surface area contributed by atoms with Gasteiger partial charge in [0.05, 0.1) is 30.7 Å². The molecule has 2 heterocycles. The van der Waals surface area contributed by atoms with Gasteiger partial charge in [0.2, 0.25) is 0 Å². The van der Waals surface area contributed by atoms with Gasteiger partial charge in [-0.25, -0.2) is 0 Å². The van der Waals surface area contributed by atoms with Gasteiger partial charge in [-0.3, -0.25) is 14.4 Å². The van der Waals surface area contributed by atoms with Gasteiger partial charge in [-0.2, -0.15) is 0 Å². The Bertz CT molecular complexity index is 1220. The van der Waals surface area contributed by atoms with Crippen LogP contribution in [-0.2, 0) is 47.5 Å². The Labute approximate surface area is 284 Å². The quantitative estimate of drug-likeness (QED) is 0.392. The van der Waals surface area contributed by atoms with E-state index in [9.17, 15) is 19.5 Å². The molecule has 2 saturated heterocycles. The van der Waals surface area contributed by atoms with Gasteiger partial charge in [-0.1, -0.05) is 19.9 Å². The molecule has 11 heteroatoms. The lowest BCUT2D eigenvalue weighted by molar-refractivity contribution is -0.314. The summed E-state index contributed by atoms with van der Waals surface area (Å²) in [5.74, 6) is -0.893. The van der Waals surface area contributed by atoms with Gasteiger partial charge in [-0.15, -0.1) is 0 Å². The van der Waals surface area contributed by atoms with Crippen LogP contribution in [0.25, 0.3) is 0 Å². The minimum Gasteiger partial charge on any atom is -0.462 e. The van der Waals surface area contributed by atoms with Crippen molar-refractivity contribution in [3.63, 3.8) is 0 Å². The van der Waals surface area contributed by atoms with Crippen molar-refractivity contribution in [1.29, 1.82) is 0 Å². The zero-order valence-corrected chi connectivity index (χ0v) is 29.6. The third kappa shape index (κ3) is 6.52. The zero-order valence-electron chi connectivity index (χ0n) is 29.6. The second-order valence-corrected chi connectivity index (χ2v) is 15.3. The molecule has 0 aromatic heterocycles. The number of fused-ring (bicyclic) bond motifs is 8. The largest absolute Gasteiger partial charge is 0.462 e. The minimum atomic E-state index is -0.635. The molecule has 11 nitrogen and oxygen atoms in total. The highest BCUT2D eigenvalue weighted by Gasteiger charge is 2.64. The van der Waals surface area contributed by atoms with Crippen LogP contribution in [0.3, 0.4) is 0 Å². The summed E-state index contributed by atoms with van der Waals surface area (Å²) in [4.78, 5) is 40.0. The van der Waals surface area contributed by atoms with Crippen molar-refractivity contribution >= 4 is 17.7 Å². The fourth-order valence-electron chi connectivity index (χ4n) is 10.6. The van der Waals surface area contributed by atoms with Crippen molar-refractivity contribution in [2.45, 2.75) is 134 Å². The molecule has 0 bridgehead atoms. The van der Waals surface area contributed by atoms with Crippen LogP contribution in [0.5, 0.6) is 0 Å². The smallest absolute Gasteiger partial charge is 0.306 e. The van der Waals surface area contributed by atoms with Crippen LogP contribution < -0.4 is 0 Å². The first kappa shape index (κ1) is 35.9. The predicted octanol–water partition coefficient (Wildman–Crippen LogP) is 4.02. The number of rotatable bonds is 7. The molecular formula is C37H56O11. The summed E-state index contributed by atoms with van der Waals surface area (Å²) in [7, 11) is 4.91. The Kier molecular flexibility index (Phi) is 11.0. The molecule has 1 unspecified atom stereocenters. The first-order valence-electron chi connectivity index (χ1n) is 18.2. The fourth-order valence-corrected chi connectivity index (χ4v) is 10.6. The normalized spacial score (nSPS) is 47.6. The lowest BCUT2D eigenvalue weighted by Crippen LogP contribution is -2.59. The molecule has 17 atom stereocenters. The summed E-state index contributed by atoms with van der Waals surface area (Å²) in [5.41, 5.74) is 0.639. The molecule has 0 amide bonds. The van der Waals surface area contributed by atoms with Gasteiger partial charge in [0.15, 0.2) is 12.1 Å². The number of hydrogen-bond donors (Lipinski definition) is 1. The maximum atomic E-state index is 14.4. The topological polar surface area (TPSA) is 136 Å². The second-order valence-electron chi connectivity index (χ2n) is 15.3. The fraction of sp³-hybridized carbons (Fsp3) is 0.865. The van der Waals surface area contributed by atoms with Gasteiger partial charge in [0.25, 0.3) is 0 Å². The van der Waals surface area contributed by atoms with Gasteiger partial charge < -0.3 is 38.3 Å². The van der Waals surface area contributed by atoms with Gasteiger partial charge in [0, 0.05) is 34.2 Å². The van der Waals surface area contributed by atoms with E-state index in [4.69, 9.17) is 33.2 Å². The molecule has 0 spiro atoms. The van der Waals surface area contributed by atoms with E-state index in [1.54, 1.807) is 21.3 Å². The average Bonchev–Trinajstić information content (AvgIpc) is 3.62. The maximum absolute atomic E-state index is 14.4. The zero-order chi connectivity index (χ0) is 34.4. The minimum absolute atomic E-state index is 0.0111. The van der Waals surface area contributed by atoms with Crippen LogP contribution in [0.1, 0.15) is 79.1 Å². The monoisotopic (exact) mass is 676 g/mol. The van der Waals surface area contributed by atoms with Gasteiger partial charge in [-0.05, 0) is 93.0 Å². The summed E-state index contributed by atoms with van der Waals surface area (Å²) in [6.07, 6.45) is 3.70. The molecule has 6 aliphatic rings. The van der Waals surface area contributed by atoms with Crippen molar-refractivity contribution in [2.24, 2.45) is 47.3 Å². The molecule has 2 aliphatic heterocycles. The first-order valence-corrected chi connectivity index (χ1v) is 18.2. The number of cyclic esters (lactones) is 1. The lowest BCUT2D eigenvalue weighted by Gasteiger charge is -2.57. The molecule has 48 heavy (non-hydrogen) atoms. The van der Waals surface area contributed by atoms with Gasteiger partial charge >= 0.3 is 11.9 Å². The third-order valence-electron chi connectivity index (χ3n) is 12.8. The van der Waals surface area contributed by atoms with E-state index >= 15 is 0 Å². The van der Waals surface area contributed by atoms with E-state index in [1.807, 2.05) is 20.8 Å². The molecule has 0 radical (unpaired) electrons. The number of esters is 2. The van der Waals surface area contributed by atoms with E-state index in [-0.39, 0.29) is 84.2 Å². The van der Waals surface area contributed by atoms with Crippen LogP contribution in [0.15, 0.2) is 11.6 Å². The second kappa shape index (κ2) is 14.8. The number of allylic oxidation sites excluding steroid dienone is 2. The maximum Gasteiger partial charge on any atom is 0.306 e. The van der Waals surface area contributed by atoms with Crippen molar-refractivity contribution in [1.82, 2.24) is 0 Å². The number of ether oxygens (including phenoxy) is 7. The Hall–Kier alpha value is -1.89. The molecule has 1 N–H and O–H groups in total. The summed E-state index contributed by atoms with van der Waals surface area (Å²) in [5, 5.41) is 11.3. The molecule has 3 saturated carbocycles. The molecule has 6 rings (SSSR count). The average molecular weight is 677 g/mol. The highest BCUT2D eigenvalue weighted by molar-refractivity contribution is 5.99. The van der Waals surface area contributed by atoms with Crippen LogP contribution in [0.2, 0.25) is 0 Å². The number of hydrogen-bond acceptors (Lipinski definition) is 11. The summed E-state index contributed by atoms with van der Waals surface area (Å²) < 4.78 is 42.1. The number of aliphatic hydroxyl groups is 1. The Morgan fingerprint density at radius 2 is 1.65 bits per heavy atom. The summed E-state index contributed by atoms with van der Waals surface area (Å²) >= 11 is 0. The molecule has 5 fully saturated rings. The lowest BCUT2D eigenvalue weighted by atomic mass is 9.48. The number of ketones is 1. The Balaban J connectivity index is 1.29. The van der Waals surface area contributed by atoms with E-state index in [0.29, 0.717) is 43.6 Å². The Morgan fingerprint density at radius 3 is 2.29 bits per heavy atom. The van der Waals surface area contributed by atoms with Crippen molar-refractivity contribution < 1.29 is 52.6 Å². The van der Waals surface area contributed by atoms with Crippen LogP contribution >= 0.6 is 0 Å². The number of aliphatic hydroxyl groups excluding tert-OH is 1. The number of Topliss-reactive ketones (excluding diaryl/α,β-unsaturated/α-hetero) is 1. The standard InChI is InChI=1S/C37H56O11/c1-8-20-10-9-11-29(46-19(4)38)17(2)33(41)27-14-24-22-12-21(48-37-36(44-7)35(43-6)34(42-5)18(3)45-37)13-23(22)25-15-28(39)32(25)31(24)26(27)16-30(40)47-20/h14,17-18,20-26,28-29,31-32,34-37,39H,8-13,15-16H2,1-7H3/t17-,18+,20+,21+,22-,23-,24+,25+,26-,28?,29+,31-,32-,34+,35-,36-,37+/m1/s1. The van der Waals surface area contributed by atoms with Crippen LogP contribution in [0, 0.1) is 47.3 Å². The van der Waals surface area contributed by atoms with Crippen molar-refractivity contribution in [3.05, 3.63) is 11.6 Å². The molecule has 270 valence electrons. The number of carbonyl (C=O) groups is 3. The Morgan fingerprint density at radius 1 is 0.938 bits per heavy atom. The summed E-state index contributed by atoms with van der Waals surface area (Å²) in [6.45, 7) is 7.18. The van der Waals surface area contributed by atoms with E-state index < -0.39 is 36.5 Å². The highest BCUT2D eigenvalue weighted by Crippen LogP contribution is 2.66. The van der Waals surface area contributed by atoms with Crippen molar-refractivity contribution in [3.8, 4) is 0 Å². The van der Waals surface area contributed by atoms with Crippen LogP contribution in [-0.4, -0.2) is 99.3 Å². The van der Waals surface area contributed by atoms with Crippen molar-refractivity contribution in [2.75, 3.05) is 21.3 Å². The highest BCUT2D eigenvalue weighted by atomic mass is 16.7. The van der Waals surface area contributed by atoms with Gasteiger partial charge in [0.1, 0.15) is 30.5 Å². The third-order valence-corrected chi connectivity index (χ3v) is 12.8. The first-order chi connectivity index (χ1) is 23.0. The SMILES string of the molecule is CC[C@H]1CCC[C@H](OC(C)=O)[C@@H](C)C(=O)C2=C[C@H]3[C@@H]4C[C@H](O[C@@H]5O[C@@H](C)[C@H](OC)[C@@H](OC)[C@H]5OC)C[C@H]4[C@@H]4CC(O)[C@@H]4[C@H]3[C@@H]2CC(=O)O1. The molecular weight excluding hydrogens is 620 g/mol. The molecule has 0 aromatic carbocycles. The van der Waals surface area contributed by atoms with E-state index in [0.717, 1.165) is 12.8 Å². The number of carbonyl (C=O) groups excluding carboxylic acids is 3. The van der Waals surface area contributed by atoms with E-state index in [1.165, 1.54) is 6.92 Å².